The minimum absolute atomic E-state index is 0.261. The second-order valence-corrected chi connectivity index (χ2v) is 5.25. The molecule has 0 bridgehead atoms. The van der Waals surface area contributed by atoms with Gasteiger partial charge < -0.3 is 19.8 Å². The van der Waals surface area contributed by atoms with Crippen LogP contribution >= 0.6 is 0 Å². The first-order valence-electron chi connectivity index (χ1n) is 7.74. The van der Waals surface area contributed by atoms with Crippen molar-refractivity contribution in [1.29, 1.82) is 0 Å². The predicted octanol–water partition coefficient (Wildman–Crippen LogP) is 2.62. The Morgan fingerprint density at radius 1 is 1.12 bits per heavy atom. The number of carbonyl (C=O) groups is 1. The zero-order valence-electron chi connectivity index (χ0n) is 13.7. The molecule has 0 atom stereocenters. The Balaban J connectivity index is 1.51. The summed E-state index contributed by atoms with van der Waals surface area (Å²) in [5.74, 6) is 1.87. The van der Waals surface area contributed by atoms with Gasteiger partial charge in [-0.1, -0.05) is 12.1 Å². The van der Waals surface area contributed by atoms with Crippen molar-refractivity contribution in [2.24, 2.45) is 0 Å². The van der Waals surface area contributed by atoms with E-state index in [1.54, 1.807) is 13.4 Å². The molecule has 1 aromatic carbocycles. The van der Waals surface area contributed by atoms with E-state index in [4.69, 9.17) is 9.15 Å². The second-order valence-electron chi connectivity index (χ2n) is 5.25. The highest BCUT2D eigenvalue weighted by molar-refractivity contribution is 5.91. The SMILES string of the molecule is COc1ccc(CNC(=O)c2cnc(NCc3ccco3)cn2)cc1. The predicted molar refractivity (Wildman–Crippen MR) is 92.2 cm³/mol. The number of hydrogen-bond acceptors (Lipinski definition) is 6. The van der Waals surface area contributed by atoms with Crippen LogP contribution in [0, 0.1) is 0 Å². The molecule has 1 amide bonds. The van der Waals surface area contributed by atoms with Crippen molar-refractivity contribution < 1.29 is 13.9 Å². The second kappa shape index (κ2) is 7.96. The summed E-state index contributed by atoms with van der Waals surface area (Å²) in [6, 6.07) is 11.2. The van der Waals surface area contributed by atoms with Crippen molar-refractivity contribution in [2.45, 2.75) is 13.1 Å². The average Bonchev–Trinajstić information content (AvgIpc) is 3.19. The standard InChI is InChI=1S/C18H18N4O3/c1-24-14-6-4-13(5-7-14)9-22-18(23)16-11-21-17(12-19-16)20-10-15-3-2-8-25-15/h2-8,11-12H,9-10H2,1H3,(H,20,21)(H,22,23). The van der Waals surface area contributed by atoms with Gasteiger partial charge in [-0.05, 0) is 29.8 Å². The Labute approximate surface area is 145 Å². The number of nitrogens with zero attached hydrogens (tertiary/aromatic N) is 2. The summed E-state index contributed by atoms with van der Waals surface area (Å²) in [6.45, 7) is 0.910. The molecule has 128 valence electrons. The summed E-state index contributed by atoms with van der Waals surface area (Å²) in [5.41, 5.74) is 1.23. The molecule has 0 aliphatic rings. The first kappa shape index (κ1) is 16.5. The van der Waals surface area contributed by atoms with Crippen LogP contribution in [-0.4, -0.2) is 23.0 Å². The molecular weight excluding hydrogens is 320 g/mol. The van der Waals surface area contributed by atoms with Crippen LogP contribution in [0.4, 0.5) is 5.82 Å². The Kier molecular flexibility index (Phi) is 5.26. The third-order valence-electron chi connectivity index (χ3n) is 3.52. The lowest BCUT2D eigenvalue weighted by Crippen LogP contribution is -2.24. The van der Waals surface area contributed by atoms with E-state index in [0.717, 1.165) is 17.1 Å². The van der Waals surface area contributed by atoms with E-state index in [2.05, 4.69) is 20.6 Å². The molecule has 0 fully saturated rings. The molecule has 25 heavy (non-hydrogen) atoms. The van der Waals surface area contributed by atoms with E-state index >= 15 is 0 Å². The van der Waals surface area contributed by atoms with Gasteiger partial charge in [0.25, 0.3) is 5.91 Å². The third-order valence-corrected chi connectivity index (χ3v) is 3.52. The van der Waals surface area contributed by atoms with Crippen LogP contribution in [0.15, 0.2) is 59.5 Å². The molecule has 7 heteroatoms. The number of rotatable bonds is 7. The quantitative estimate of drug-likeness (QED) is 0.688. The highest BCUT2D eigenvalue weighted by atomic mass is 16.5. The molecule has 0 saturated carbocycles. The number of furan rings is 1. The molecule has 0 aliphatic heterocycles. The largest absolute Gasteiger partial charge is 0.497 e. The highest BCUT2D eigenvalue weighted by Crippen LogP contribution is 2.11. The molecule has 2 heterocycles. The van der Waals surface area contributed by atoms with E-state index in [1.807, 2.05) is 36.4 Å². The summed E-state index contributed by atoms with van der Waals surface area (Å²) >= 11 is 0. The smallest absolute Gasteiger partial charge is 0.271 e. The molecule has 2 N–H and O–H groups in total. The number of aromatic nitrogens is 2. The summed E-state index contributed by atoms with van der Waals surface area (Å²) in [6.07, 6.45) is 4.57. The van der Waals surface area contributed by atoms with Crippen molar-refractivity contribution in [3.8, 4) is 5.75 Å². The van der Waals surface area contributed by atoms with Crippen molar-refractivity contribution in [3.05, 3.63) is 72.1 Å². The zero-order valence-corrected chi connectivity index (χ0v) is 13.7. The maximum Gasteiger partial charge on any atom is 0.271 e. The lowest BCUT2D eigenvalue weighted by Gasteiger charge is -2.07. The summed E-state index contributed by atoms with van der Waals surface area (Å²) in [5, 5.41) is 5.88. The number of carbonyl (C=O) groups excluding carboxylic acids is 1. The number of nitrogens with one attached hydrogen (secondary N) is 2. The molecule has 0 radical (unpaired) electrons. The first-order chi connectivity index (χ1) is 12.2. The van der Waals surface area contributed by atoms with Gasteiger partial charge in [0.2, 0.25) is 0 Å². The number of amides is 1. The number of hydrogen-bond donors (Lipinski definition) is 2. The molecule has 0 saturated heterocycles. The number of ether oxygens (including phenoxy) is 1. The molecule has 2 aromatic heterocycles. The summed E-state index contributed by atoms with van der Waals surface area (Å²) < 4.78 is 10.3. The van der Waals surface area contributed by atoms with Gasteiger partial charge in [0.05, 0.1) is 32.3 Å². The Bertz CT molecular complexity index is 799. The molecule has 3 aromatic rings. The van der Waals surface area contributed by atoms with E-state index in [9.17, 15) is 4.79 Å². The third kappa shape index (κ3) is 4.57. The van der Waals surface area contributed by atoms with Gasteiger partial charge >= 0.3 is 0 Å². The van der Waals surface area contributed by atoms with Gasteiger partial charge in [0, 0.05) is 6.54 Å². The number of benzene rings is 1. The minimum atomic E-state index is -0.277. The van der Waals surface area contributed by atoms with Crippen molar-refractivity contribution >= 4 is 11.7 Å². The Morgan fingerprint density at radius 3 is 2.60 bits per heavy atom. The monoisotopic (exact) mass is 338 g/mol. The molecule has 7 nitrogen and oxygen atoms in total. The van der Waals surface area contributed by atoms with Crippen molar-refractivity contribution in [2.75, 3.05) is 12.4 Å². The highest BCUT2D eigenvalue weighted by Gasteiger charge is 2.08. The first-order valence-corrected chi connectivity index (χ1v) is 7.74. The fourth-order valence-corrected chi connectivity index (χ4v) is 2.14. The maximum absolute atomic E-state index is 12.1. The lowest BCUT2D eigenvalue weighted by molar-refractivity contribution is 0.0945. The van der Waals surface area contributed by atoms with Gasteiger partial charge in [-0.3, -0.25) is 4.79 Å². The Morgan fingerprint density at radius 2 is 1.96 bits per heavy atom. The van der Waals surface area contributed by atoms with Crippen molar-refractivity contribution in [3.63, 3.8) is 0 Å². The fraction of sp³-hybridized carbons (Fsp3) is 0.167. The topological polar surface area (TPSA) is 89.3 Å². The summed E-state index contributed by atoms with van der Waals surface area (Å²) in [7, 11) is 1.61. The van der Waals surface area contributed by atoms with Crippen LogP contribution in [0.5, 0.6) is 5.75 Å². The molecule has 0 spiro atoms. The van der Waals surface area contributed by atoms with Gasteiger partial charge in [-0.15, -0.1) is 0 Å². The van der Waals surface area contributed by atoms with Crippen molar-refractivity contribution in [1.82, 2.24) is 15.3 Å². The summed E-state index contributed by atoms with van der Waals surface area (Å²) in [4.78, 5) is 20.4. The minimum Gasteiger partial charge on any atom is -0.497 e. The van der Waals surface area contributed by atoms with Gasteiger partial charge in [-0.2, -0.15) is 0 Å². The lowest BCUT2D eigenvalue weighted by atomic mass is 10.2. The normalized spacial score (nSPS) is 10.3. The fourth-order valence-electron chi connectivity index (χ4n) is 2.14. The van der Waals surface area contributed by atoms with Crippen LogP contribution < -0.4 is 15.4 Å². The van der Waals surface area contributed by atoms with Gasteiger partial charge in [0.1, 0.15) is 23.0 Å². The van der Waals surface area contributed by atoms with E-state index in [0.29, 0.717) is 18.9 Å². The molecule has 0 unspecified atom stereocenters. The maximum atomic E-state index is 12.1. The van der Waals surface area contributed by atoms with Crippen LogP contribution in [0.3, 0.4) is 0 Å². The molecule has 0 aliphatic carbocycles. The van der Waals surface area contributed by atoms with E-state index in [1.165, 1.54) is 12.4 Å². The molecular formula is C18H18N4O3. The number of methoxy groups -OCH3 is 1. The van der Waals surface area contributed by atoms with Crippen LogP contribution in [0.25, 0.3) is 0 Å². The van der Waals surface area contributed by atoms with Gasteiger partial charge in [-0.25, -0.2) is 9.97 Å². The van der Waals surface area contributed by atoms with E-state index in [-0.39, 0.29) is 11.6 Å². The number of anilines is 1. The van der Waals surface area contributed by atoms with Gasteiger partial charge in [0.15, 0.2) is 0 Å². The van der Waals surface area contributed by atoms with Crippen LogP contribution in [-0.2, 0) is 13.1 Å². The molecule has 3 rings (SSSR count). The van der Waals surface area contributed by atoms with Crippen LogP contribution in [0.2, 0.25) is 0 Å². The Hall–Kier alpha value is -3.35. The van der Waals surface area contributed by atoms with Crippen LogP contribution in [0.1, 0.15) is 21.8 Å². The average molecular weight is 338 g/mol. The van der Waals surface area contributed by atoms with E-state index < -0.39 is 0 Å². The zero-order chi connectivity index (χ0) is 17.5.